The van der Waals surface area contributed by atoms with Crippen molar-refractivity contribution in [3.8, 4) is 0 Å². The van der Waals surface area contributed by atoms with Crippen LogP contribution in [0.1, 0.15) is 25.6 Å². The topological polar surface area (TPSA) is 96.2 Å². The maximum Gasteiger partial charge on any atom is 0.239 e. The van der Waals surface area contributed by atoms with E-state index in [-0.39, 0.29) is 18.4 Å². The minimum Gasteiger partial charge on any atom is -0.358 e. The van der Waals surface area contributed by atoms with Crippen LogP contribution >= 0.6 is 0 Å². The van der Waals surface area contributed by atoms with Crippen LogP contribution in [0.4, 0.5) is 11.6 Å². The number of rotatable bonds is 5. The second kappa shape index (κ2) is 6.15. The fourth-order valence-corrected chi connectivity index (χ4v) is 1.36. The van der Waals surface area contributed by atoms with Gasteiger partial charge in [0.1, 0.15) is 17.5 Å². The quantitative estimate of drug-likeness (QED) is 0.507. The van der Waals surface area contributed by atoms with Crippen LogP contribution in [0.3, 0.4) is 0 Å². The Hall–Kier alpha value is -1.89. The van der Waals surface area contributed by atoms with Crippen LogP contribution in [0, 0.1) is 0 Å². The van der Waals surface area contributed by atoms with Crippen LogP contribution in [-0.2, 0) is 4.79 Å². The molecule has 0 saturated heterocycles. The smallest absolute Gasteiger partial charge is 0.239 e. The molecule has 0 unspecified atom stereocenters. The normalized spacial score (nSPS) is 10.3. The third-order valence-electron chi connectivity index (χ3n) is 2.44. The molecular weight excluding hydrogens is 232 g/mol. The van der Waals surface area contributed by atoms with Gasteiger partial charge in [0.25, 0.3) is 0 Å². The van der Waals surface area contributed by atoms with Gasteiger partial charge in [-0.1, -0.05) is 13.8 Å². The van der Waals surface area contributed by atoms with Crippen LogP contribution in [0.5, 0.6) is 0 Å². The monoisotopic (exact) mass is 252 g/mol. The maximum atomic E-state index is 11.3. The maximum absolute atomic E-state index is 11.3. The van der Waals surface area contributed by atoms with E-state index in [0.717, 1.165) is 0 Å². The summed E-state index contributed by atoms with van der Waals surface area (Å²) in [6, 6.07) is 1.70. The third-order valence-corrected chi connectivity index (χ3v) is 2.44. The molecule has 0 radical (unpaired) electrons. The van der Waals surface area contributed by atoms with Gasteiger partial charge in [-0.05, 0) is 0 Å². The van der Waals surface area contributed by atoms with E-state index in [1.165, 1.54) is 0 Å². The number of nitrogens with one attached hydrogen (secondary N) is 2. The van der Waals surface area contributed by atoms with Crippen molar-refractivity contribution in [2.45, 2.75) is 19.8 Å². The number of nitrogens with two attached hydrogens (primary N) is 1. The van der Waals surface area contributed by atoms with Crippen molar-refractivity contribution >= 4 is 17.5 Å². The summed E-state index contributed by atoms with van der Waals surface area (Å²) in [5.41, 5.74) is 2.51. The number of carbonyl (C=O) groups excluding carboxylic acids is 1. The first-order valence-corrected chi connectivity index (χ1v) is 5.75. The SMILES string of the molecule is CNC(=O)CN(C)c1cc(NN)nc(C(C)C)n1. The summed E-state index contributed by atoms with van der Waals surface area (Å²) < 4.78 is 0. The van der Waals surface area contributed by atoms with Gasteiger partial charge in [0.05, 0.1) is 6.54 Å². The number of hydrazine groups is 1. The van der Waals surface area contributed by atoms with E-state index in [1.807, 2.05) is 13.8 Å². The number of amides is 1. The standard InChI is InChI=1S/C11H20N6O/c1-7(2)11-14-8(16-12)5-9(15-11)17(4)6-10(18)13-3/h5,7H,6,12H2,1-4H3,(H,13,18)(H,14,15,16). The average molecular weight is 252 g/mol. The highest BCUT2D eigenvalue weighted by atomic mass is 16.1. The summed E-state index contributed by atoms with van der Waals surface area (Å²) in [7, 11) is 3.39. The van der Waals surface area contributed by atoms with Gasteiger partial charge in [0, 0.05) is 26.1 Å². The van der Waals surface area contributed by atoms with Gasteiger partial charge in [-0.15, -0.1) is 0 Å². The van der Waals surface area contributed by atoms with Crippen LogP contribution in [-0.4, -0.2) is 36.5 Å². The Labute approximate surface area is 107 Å². The van der Waals surface area contributed by atoms with E-state index < -0.39 is 0 Å². The molecule has 7 nitrogen and oxygen atoms in total. The second-order valence-electron chi connectivity index (χ2n) is 4.30. The van der Waals surface area contributed by atoms with Gasteiger partial charge >= 0.3 is 0 Å². The van der Waals surface area contributed by atoms with Crippen LogP contribution in [0.15, 0.2) is 6.07 Å². The number of nitrogens with zero attached hydrogens (tertiary/aromatic N) is 3. The molecule has 1 aromatic heterocycles. The predicted molar refractivity (Wildman–Crippen MR) is 71.3 cm³/mol. The molecule has 1 amide bonds. The molecule has 0 atom stereocenters. The summed E-state index contributed by atoms with van der Waals surface area (Å²) in [6.07, 6.45) is 0. The van der Waals surface area contributed by atoms with Gasteiger partial charge in [-0.25, -0.2) is 15.8 Å². The Balaban J connectivity index is 2.99. The number of aromatic nitrogens is 2. The largest absolute Gasteiger partial charge is 0.358 e. The van der Waals surface area contributed by atoms with Crippen molar-refractivity contribution in [1.82, 2.24) is 15.3 Å². The molecule has 0 bridgehead atoms. The fraction of sp³-hybridized carbons (Fsp3) is 0.545. The van der Waals surface area contributed by atoms with Crippen molar-refractivity contribution in [3.63, 3.8) is 0 Å². The molecule has 0 aromatic carbocycles. The molecule has 1 aromatic rings. The molecule has 18 heavy (non-hydrogen) atoms. The highest BCUT2D eigenvalue weighted by Gasteiger charge is 2.12. The first-order chi connectivity index (χ1) is 8.47. The van der Waals surface area contributed by atoms with Crippen molar-refractivity contribution in [2.24, 2.45) is 5.84 Å². The summed E-state index contributed by atoms with van der Waals surface area (Å²) in [4.78, 5) is 21.7. The van der Waals surface area contributed by atoms with Crippen molar-refractivity contribution in [1.29, 1.82) is 0 Å². The van der Waals surface area contributed by atoms with Crippen molar-refractivity contribution in [3.05, 3.63) is 11.9 Å². The third kappa shape index (κ3) is 3.56. The molecule has 0 spiro atoms. The lowest BCUT2D eigenvalue weighted by Gasteiger charge is -2.19. The number of carbonyl (C=O) groups is 1. The molecule has 7 heteroatoms. The lowest BCUT2D eigenvalue weighted by Crippen LogP contribution is -2.33. The lowest BCUT2D eigenvalue weighted by molar-refractivity contribution is -0.119. The molecular formula is C11H20N6O. The lowest BCUT2D eigenvalue weighted by atomic mass is 10.2. The zero-order valence-corrected chi connectivity index (χ0v) is 11.2. The van der Waals surface area contributed by atoms with Crippen LogP contribution in [0.2, 0.25) is 0 Å². The fourth-order valence-electron chi connectivity index (χ4n) is 1.36. The van der Waals surface area contributed by atoms with Gasteiger partial charge in [0.2, 0.25) is 5.91 Å². The van der Waals surface area contributed by atoms with E-state index in [0.29, 0.717) is 17.5 Å². The molecule has 4 N–H and O–H groups in total. The summed E-state index contributed by atoms with van der Waals surface area (Å²) in [5.74, 6) is 7.36. The Morgan fingerprint density at radius 2 is 2.17 bits per heavy atom. The molecule has 100 valence electrons. The minimum atomic E-state index is -0.0792. The van der Waals surface area contributed by atoms with E-state index in [2.05, 4.69) is 20.7 Å². The Kier molecular flexibility index (Phi) is 4.85. The van der Waals surface area contributed by atoms with E-state index in [1.54, 1.807) is 25.1 Å². The van der Waals surface area contributed by atoms with Gasteiger partial charge < -0.3 is 15.6 Å². The molecule has 1 heterocycles. The van der Waals surface area contributed by atoms with Crippen LogP contribution in [0.25, 0.3) is 0 Å². The molecule has 0 fully saturated rings. The summed E-state index contributed by atoms with van der Waals surface area (Å²) >= 11 is 0. The first kappa shape index (κ1) is 14.2. The Morgan fingerprint density at radius 3 is 2.67 bits per heavy atom. The Bertz CT molecular complexity index is 420. The van der Waals surface area contributed by atoms with E-state index >= 15 is 0 Å². The molecule has 0 aliphatic rings. The van der Waals surface area contributed by atoms with Crippen molar-refractivity contribution < 1.29 is 4.79 Å². The molecule has 0 aliphatic carbocycles. The molecule has 1 rings (SSSR count). The van der Waals surface area contributed by atoms with E-state index in [9.17, 15) is 4.79 Å². The summed E-state index contributed by atoms with van der Waals surface area (Å²) in [6.45, 7) is 4.23. The van der Waals surface area contributed by atoms with Gasteiger partial charge in [0.15, 0.2) is 0 Å². The van der Waals surface area contributed by atoms with Crippen molar-refractivity contribution in [2.75, 3.05) is 31.0 Å². The Morgan fingerprint density at radius 1 is 1.50 bits per heavy atom. The number of likely N-dealkylation sites (N-methyl/N-ethyl adjacent to an activating group) is 2. The first-order valence-electron chi connectivity index (χ1n) is 5.75. The highest BCUT2D eigenvalue weighted by Crippen LogP contribution is 2.18. The van der Waals surface area contributed by atoms with Gasteiger partial charge in [-0.2, -0.15) is 0 Å². The zero-order chi connectivity index (χ0) is 13.7. The van der Waals surface area contributed by atoms with E-state index in [4.69, 9.17) is 5.84 Å². The van der Waals surface area contributed by atoms with Gasteiger partial charge in [-0.3, -0.25) is 4.79 Å². The average Bonchev–Trinajstić information content (AvgIpc) is 2.37. The number of anilines is 2. The summed E-state index contributed by atoms with van der Waals surface area (Å²) in [5, 5.41) is 2.57. The highest BCUT2D eigenvalue weighted by molar-refractivity contribution is 5.80. The van der Waals surface area contributed by atoms with Crippen LogP contribution < -0.4 is 21.5 Å². The predicted octanol–water partition coefficient (Wildman–Crippen LogP) is 0.0678. The molecule has 0 aliphatic heterocycles. The minimum absolute atomic E-state index is 0.0792. The number of nitrogen functional groups attached to an aromatic ring is 1. The number of hydrogen-bond donors (Lipinski definition) is 3. The second-order valence-corrected chi connectivity index (χ2v) is 4.30. The molecule has 0 saturated carbocycles. The number of hydrogen-bond acceptors (Lipinski definition) is 6. The zero-order valence-electron chi connectivity index (χ0n) is 11.2.